The molecule has 0 saturated heterocycles. The van der Waals surface area contributed by atoms with E-state index in [2.05, 4.69) is 22.6 Å². The van der Waals surface area contributed by atoms with Crippen LogP contribution in [-0.2, 0) is 0 Å². The van der Waals surface area contributed by atoms with Gasteiger partial charge in [-0.25, -0.2) is 0 Å². The average molecular weight is 293 g/mol. The molecule has 62 valence electrons. The van der Waals surface area contributed by atoms with Crippen LogP contribution in [0.15, 0.2) is 22.6 Å². The molecule has 12 heavy (non-hydrogen) atoms. The highest BCUT2D eigenvalue weighted by Gasteiger charge is 2.06. The third-order valence-electron chi connectivity index (χ3n) is 1.70. The first-order chi connectivity index (χ1) is 5.68. The van der Waals surface area contributed by atoms with Gasteiger partial charge in [0.1, 0.15) is 11.3 Å². The zero-order valence-electron chi connectivity index (χ0n) is 6.40. The first kappa shape index (κ1) is 8.38. The lowest BCUT2D eigenvalue weighted by molar-refractivity contribution is 0.577. The Hall–Kier alpha value is -0.220. The molecular weight excluding hydrogens is 286 g/mol. The molecule has 0 saturated carbocycles. The quantitative estimate of drug-likeness (QED) is 0.669. The molecule has 1 aromatic heterocycles. The molecule has 3 heteroatoms. The SMILES string of the molecule is Cc1cc2ccc(Cl)c(I)c2o1. The number of furan rings is 1. The van der Waals surface area contributed by atoms with E-state index in [1.54, 1.807) is 0 Å². The van der Waals surface area contributed by atoms with Crippen LogP contribution in [0.5, 0.6) is 0 Å². The predicted molar refractivity (Wildman–Crippen MR) is 58.7 cm³/mol. The van der Waals surface area contributed by atoms with E-state index in [4.69, 9.17) is 16.0 Å². The van der Waals surface area contributed by atoms with Crippen molar-refractivity contribution in [3.05, 3.63) is 32.6 Å². The minimum atomic E-state index is 0.748. The van der Waals surface area contributed by atoms with Gasteiger partial charge in [0.05, 0.1) is 8.59 Å². The largest absolute Gasteiger partial charge is 0.460 e. The van der Waals surface area contributed by atoms with Gasteiger partial charge in [-0.3, -0.25) is 0 Å². The van der Waals surface area contributed by atoms with Gasteiger partial charge < -0.3 is 4.42 Å². The van der Waals surface area contributed by atoms with Crippen LogP contribution in [-0.4, -0.2) is 0 Å². The molecule has 1 aromatic carbocycles. The topological polar surface area (TPSA) is 13.1 Å². The summed E-state index contributed by atoms with van der Waals surface area (Å²) < 4.78 is 6.47. The lowest BCUT2D eigenvalue weighted by Gasteiger charge is -1.94. The lowest BCUT2D eigenvalue weighted by Crippen LogP contribution is -1.73. The molecule has 0 fully saturated rings. The molecule has 0 bridgehead atoms. The Balaban J connectivity index is 2.89. The molecule has 0 unspecified atom stereocenters. The number of rotatable bonds is 0. The first-order valence-corrected chi connectivity index (χ1v) is 4.98. The third kappa shape index (κ3) is 1.23. The molecule has 1 nitrogen and oxygen atoms in total. The van der Waals surface area contributed by atoms with Gasteiger partial charge in [0.2, 0.25) is 0 Å². The Morgan fingerprint density at radius 2 is 2.17 bits per heavy atom. The third-order valence-corrected chi connectivity index (χ3v) is 3.41. The van der Waals surface area contributed by atoms with Gasteiger partial charge >= 0.3 is 0 Å². The number of hydrogen-bond acceptors (Lipinski definition) is 1. The van der Waals surface area contributed by atoms with Crippen molar-refractivity contribution in [2.75, 3.05) is 0 Å². The van der Waals surface area contributed by atoms with Crippen molar-refractivity contribution in [2.24, 2.45) is 0 Å². The average Bonchev–Trinajstić information content (AvgIpc) is 2.39. The summed E-state index contributed by atoms with van der Waals surface area (Å²) in [5.74, 6) is 0.921. The summed E-state index contributed by atoms with van der Waals surface area (Å²) in [4.78, 5) is 0. The van der Waals surface area contributed by atoms with Crippen LogP contribution in [0.1, 0.15) is 5.76 Å². The molecule has 0 amide bonds. The molecular formula is C9H6ClIO. The summed E-state index contributed by atoms with van der Waals surface area (Å²) in [6.45, 7) is 1.93. The van der Waals surface area contributed by atoms with Gasteiger partial charge in [-0.05, 0) is 47.7 Å². The van der Waals surface area contributed by atoms with Crippen molar-refractivity contribution in [1.29, 1.82) is 0 Å². The van der Waals surface area contributed by atoms with E-state index in [9.17, 15) is 0 Å². The van der Waals surface area contributed by atoms with Crippen molar-refractivity contribution in [3.8, 4) is 0 Å². The second-order valence-electron chi connectivity index (χ2n) is 2.64. The molecule has 0 aliphatic carbocycles. The molecule has 0 aliphatic rings. The molecule has 0 atom stereocenters. The van der Waals surface area contributed by atoms with E-state index in [-0.39, 0.29) is 0 Å². The summed E-state index contributed by atoms with van der Waals surface area (Å²) in [5.41, 5.74) is 0.889. The Labute approximate surface area is 88.8 Å². The van der Waals surface area contributed by atoms with Crippen LogP contribution in [0.2, 0.25) is 5.02 Å². The standard InChI is InChI=1S/C9H6ClIO/c1-5-4-6-2-3-7(10)8(11)9(6)12-5/h2-4H,1H3. The van der Waals surface area contributed by atoms with Crippen molar-refractivity contribution < 1.29 is 4.42 Å². The number of benzene rings is 1. The molecule has 0 radical (unpaired) electrons. The Morgan fingerprint density at radius 1 is 1.42 bits per heavy atom. The first-order valence-electron chi connectivity index (χ1n) is 3.52. The highest BCUT2D eigenvalue weighted by atomic mass is 127. The molecule has 2 aromatic rings. The maximum Gasteiger partial charge on any atom is 0.149 e. The highest BCUT2D eigenvalue weighted by Crippen LogP contribution is 2.29. The number of halogens is 2. The van der Waals surface area contributed by atoms with Gasteiger partial charge in [-0.2, -0.15) is 0 Å². The number of fused-ring (bicyclic) bond motifs is 1. The van der Waals surface area contributed by atoms with Gasteiger partial charge in [0, 0.05) is 5.39 Å². The van der Waals surface area contributed by atoms with Crippen LogP contribution in [0.25, 0.3) is 11.0 Å². The van der Waals surface area contributed by atoms with Gasteiger partial charge in [-0.1, -0.05) is 11.6 Å². The van der Waals surface area contributed by atoms with Crippen molar-refractivity contribution >= 4 is 45.2 Å². The fraction of sp³-hybridized carbons (Fsp3) is 0.111. The zero-order valence-corrected chi connectivity index (χ0v) is 9.31. The summed E-state index contributed by atoms with van der Waals surface area (Å²) >= 11 is 8.12. The fourth-order valence-corrected chi connectivity index (χ4v) is 1.92. The summed E-state index contributed by atoms with van der Waals surface area (Å²) in [7, 11) is 0. The molecule has 2 rings (SSSR count). The maximum atomic E-state index is 5.93. The second-order valence-corrected chi connectivity index (χ2v) is 4.12. The van der Waals surface area contributed by atoms with Crippen molar-refractivity contribution in [1.82, 2.24) is 0 Å². The Morgan fingerprint density at radius 3 is 2.92 bits per heavy atom. The van der Waals surface area contributed by atoms with Crippen LogP contribution in [0, 0.1) is 10.5 Å². The minimum absolute atomic E-state index is 0.748. The number of hydrogen-bond donors (Lipinski definition) is 0. The monoisotopic (exact) mass is 292 g/mol. The lowest BCUT2D eigenvalue weighted by atomic mass is 10.2. The van der Waals surface area contributed by atoms with Gasteiger partial charge in [-0.15, -0.1) is 0 Å². The van der Waals surface area contributed by atoms with Crippen LogP contribution in [0.3, 0.4) is 0 Å². The highest BCUT2D eigenvalue weighted by molar-refractivity contribution is 14.1. The predicted octanol–water partition coefficient (Wildman–Crippen LogP) is 4.00. The van der Waals surface area contributed by atoms with E-state index in [1.165, 1.54) is 0 Å². The van der Waals surface area contributed by atoms with Crippen LogP contribution in [0.4, 0.5) is 0 Å². The minimum Gasteiger partial charge on any atom is -0.460 e. The normalized spacial score (nSPS) is 10.9. The molecule has 0 spiro atoms. The van der Waals surface area contributed by atoms with E-state index in [1.807, 2.05) is 25.1 Å². The van der Waals surface area contributed by atoms with Crippen molar-refractivity contribution in [3.63, 3.8) is 0 Å². The summed E-state index contributed by atoms with van der Waals surface area (Å²) in [5, 5.41) is 1.86. The zero-order chi connectivity index (χ0) is 8.72. The fourth-order valence-electron chi connectivity index (χ4n) is 1.17. The Kier molecular flexibility index (Phi) is 2.04. The number of aryl methyl sites for hydroxylation is 1. The molecule has 0 N–H and O–H groups in total. The van der Waals surface area contributed by atoms with Crippen LogP contribution >= 0.6 is 34.2 Å². The van der Waals surface area contributed by atoms with E-state index in [0.717, 1.165) is 25.3 Å². The summed E-state index contributed by atoms with van der Waals surface area (Å²) in [6, 6.07) is 5.87. The van der Waals surface area contributed by atoms with E-state index >= 15 is 0 Å². The van der Waals surface area contributed by atoms with E-state index in [0.29, 0.717) is 0 Å². The smallest absolute Gasteiger partial charge is 0.149 e. The van der Waals surface area contributed by atoms with Crippen molar-refractivity contribution in [2.45, 2.75) is 6.92 Å². The Bertz CT molecular complexity index is 433. The summed E-state index contributed by atoms with van der Waals surface area (Å²) in [6.07, 6.45) is 0. The van der Waals surface area contributed by atoms with Gasteiger partial charge in [0.25, 0.3) is 0 Å². The second kappa shape index (κ2) is 2.92. The van der Waals surface area contributed by atoms with Gasteiger partial charge in [0.15, 0.2) is 0 Å². The molecule has 0 aliphatic heterocycles. The van der Waals surface area contributed by atoms with E-state index < -0.39 is 0 Å². The van der Waals surface area contributed by atoms with Crippen LogP contribution < -0.4 is 0 Å². The molecule has 1 heterocycles. The maximum absolute atomic E-state index is 5.93.